The minimum atomic E-state index is 0.0950. The van der Waals surface area contributed by atoms with Gasteiger partial charge in [0.1, 0.15) is 0 Å². The number of carbonyl (C=O) groups excluding carboxylic acids is 1. The van der Waals surface area contributed by atoms with E-state index in [2.05, 4.69) is 12.2 Å². The Bertz CT molecular complexity index is 476. The molecule has 1 aromatic rings. The van der Waals surface area contributed by atoms with Crippen LogP contribution in [0.25, 0.3) is 0 Å². The second-order valence-electron chi connectivity index (χ2n) is 5.55. The van der Waals surface area contributed by atoms with Crippen molar-refractivity contribution in [1.82, 2.24) is 4.90 Å². The minimum Gasteiger partial charge on any atom is -0.385 e. The molecule has 20 heavy (non-hydrogen) atoms. The molecular formula is C16H23ClN2O. The first-order valence-electron chi connectivity index (χ1n) is 7.44. The molecule has 0 spiro atoms. The molecule has 1 aromatic carbocycles. The fourth-order valence-electron chi connectivity index (χ4n) is 2.67. The summed E-state index contributed by atoms with van der Waals surface area (Å²) in [7, 11) is 0. The predicted molar refractivity (Wildman–Crippen MR) is 84.5 cm³/mol. The van der Waals surface area contributed by atoms with Crippen LogP contribution in [0.5, 0.6) is 0 Å². The predicted octanol–water partition coefficient (Wildman–Crippen LogP) is 4.03. The van der Waals surface area contributed by atoms with E-state index in [-0.39, 0.29) is 5.91 Å². The van der Waals surface area contributed by atoms with Crippen molar-refractivity contribution in [3.63, 3.8) is 0 Å². The van der Waals surface area contributed by atoms with E-state index in [9.17, 15) is 4.79 Å². The number of hydrogen-bond donors (Lipinski definition) is 1. The Hall–Kier alpha value is -1.22. The van der Waals surface area contributed by atoms with E-state index in [4.69, 9.17) is 11.6 Å². The Balaban J connectivity index is 2.21. The van der Waals surface area contributed by atoms with Crippen molar-refractivity contribution in [3.05, 3.63) is 28.8 Å². The van der Waals surface area contributed by atoms with Gasteiger partial charge in [-0.25, -0.2) is 0 Å². The van der Waals surface area contributed by atoms with Gasteiger partial charge in [-0.1, -0.05) is 18.5 Å². The number of nitrogens with zero attached hydrogens (tertiary/aromatic N) is 1. The zero-order valence-electron chi connectivity index (χ0n) is 12.3. The van der Waals surface area contributed by atoms with Crippen LogP contribution >= 0.6 is 11.6 Å². The summed E-state index contributed by atoms with van der Waals surface area (Å²) in [5.41, 5.74) is 1.56. The Morgan fingerprint density at radius 3 is 2.95 bits per heavy atom. The van der Waals surface area contributed by atoms with Crippen LogP contribution in [0.3, 0.4) is 0 Å². The normalized spacial score (nSPS) is 19.6. The van der Waals surface area contributed by atoms with Crippen LogP contribution in [0, 0.1) is 5.92 Å². The number of amides is 1. The molecule has 1 unspecified atom stereocenters. The lowest BCUT2D eigenvalue weighted by Crippen LogP contribution is -2.32. The SMILES string of the molecule is CCNc1ccc(Cl)cc1C(=O)N1CCCC(C)CC1. The van der Waals surface area contributed by atoms with E-state index >= 15 is 0 Å². The molecule has 1 aliphatic heterocycles. The summed E-state index contributed by atoms with van der Waals surface area (Å²) < 4.78 is 0. The fraction of sp³-hybridized carbons (Fsp3) is 0.562. The van der Waals surface area contributed by atoms with Crippen molar-refractivity contribution in [2.45, 2.75) is 33.1 Å². The van der Waals surface area contributed by atoms with Gasteiger partial charge in [0.15, 0.2) is 0 Å². The highest BCUT2D eigenvalue weighted by Crippen LogP contribution is 2.24. The van der Waals surface area contributed by atoms with Gasteiger partial charge in [-0.2, -0.15) is 0 Å². The third-order valence-corrected chi connectivity index (χ3v) is 4.12. The topological polar surface area (TPSA) is 32.3 Å². The molecule has 1 fully saturated rings. The van der Waals surface area contributed by atoms with Crippen LogP contribution in [-0.4, -0.2) is 30.4 Å². The van der Waals surface area contributed by atoms with Crippen molar-refractivity contribution in [2.24, 2.45) is 5.92 Å². The lowest BCUT2D eigenvalue weighted by Gasteiger charge is -2.22. The number of rotatable bonds is 3. The minimum absolute atomic E-state index is 0.0950. The van der Waals surface area contributed by atoms with Gasteiger partial charge in [-0.15, -0.1) is 0 Å². The number of likely N-dealkylation sites (tertiary alicyclic amines) is 1. The Morgan fingerprint density at radius 2 is 2.20 bits per heavy atom. The second-order valence-corrected chi connectivity index (χ2v) is 5.98. The van der Waals surface area contributed by atoms with Crippen LogP contribution in [0.1, 0.15) is 43.5 Å². The summed E-state index contributed by atoms with van der Waals surface area (Å²) in [4.78, 5) is 14.7. The molecule has 3 nitrogen and oxygen atoms in total. The van der Waals surface area contributed by atoms with E-state index in [1.807, 2.05) is 24.0 Å². The molecule has 0 saturated carbocycles. The van der Waals surface area contributed by atoms with E-state index in [0.29, 0.717) is 16.5 Å². The average molecular weight is 295 g/mol. The molecule has 2 rings (SSSR count). The molecule has 1 aliphatic rings. The fourth-order valence-corrected chi connectivity index (χ4v) is 2.85. The lowest BCUT2D eigenvalue weighted by molar-refractivity contribution is 0.0761. The molecule has 0 aliphatic carbocycles. The first-order chi connectivity index (χ1) is 9.61. The lowest BCUT2D eigenvalue weighted by atomic mass is 10.0. The molecule has 0 aromatic heterocycles. The zero-order chi connectivity index (χ0) is 14.5. The quantitative estimate of drug-likeness (QED) is 0.913. The second kappa shape index (κ2) is 6.98. The summed E-state index contributed by atoms with van der Waals surface area (Å²) in [6.07, 6.45) is 3.38. The van der Waals surface area contributed by atoms with Crippen molar-refractivity contribution in [1.29, 1.82) is 0 Å². The maximum atomic E-state index is 12.7. The number of hydrogen-bond acceptors (Lipinski definition) is 2. The summed E-state index contributed by atoms with van der Waals surface area (Å²) in [5.74, 6) is 0.804. The third kappa shape index (κ3) is 3.66. The van der Waals surface area contributed by atoms with Gasteiger partial charge >= 0.3 is 0 Å². The summed E-state index contributed by atoms with van der Waals surface area (Å²) in [5, 5.41) is 3.85. The number of halogens is 1. The van der Waals surface area contributed by atoms with Crippen LogP contribution < -0.4 is 5.32 Å². The molecule has 4 heteroatoms. The number of nitrogens with one attached hydrogen (secondary N) is 1. The molecule has 1 amide bonds. The largest absolute Gasteiger partial charge is 0.385 e. The van der Waals surface area contributed by atoms with Gasteiger partial charge in [0.05, 0.1) is 5.56 Å². The molecule has 0 bridgehead atoms. The molecule has 110 valence electrons. The zero-order valence-corrected chi connectivity index (χ0v) is 13.0. The standard InChI is InChI=1S/C16H23ClN2O/c1-3-18-15-7-6-13(17)11-14(15)16(20)19-9-4-5-12(2)8-10-19/h6-7,11-12,18H,3-5,8-10H2,1-2H3. The highest BCUT2D eigenvalue weighted by atomic mass is 35.5. The highest BCUT2D eigenvalue weighted by molar-refractivity contribution is 6.31. The average Bonchev–Trinajstić information content (AvgIpc) is 2.65. The van der Waals surface area contributed by atoms with Crippen molar-refractivity contribution < 1.29 is 4.79 Å². The van der Waals surface area contributed by atoms with E-state index < -0.39 is 0 Å². The van der Waals surface area contributed by atoms with Gasteiger partial charge in [-0.3, -0.25) is 4.79 Å². The van der Waals surface area contributed by atoms with Gasteiger partial charge in [-0.05, 0) is 50.3 Å². The molecule has 1 heterocycles. The number of carbonyl (C=O) groups is 1. The van der Waals surface area contributed by atoms with Crippen LogP contribution in [-0.2, 0) is 0 Å². The highest BCUT2D eigenvalue weighted by Gasteiger charge is 2.22. The van der Waals surface area contributed by atoms with Gasteiger partial charge in [0, 0.05) is 30.3 Å². The first-order valence-corrected chi connectivity index (χ1v) is 7.82. The third-order valence-electron chi connectivity index (χ3n) is 3.88. The molecule has 1 N–H and O–H groups in total. The molecule has 1 atom stereocenters. The van der Waals surface area contributed by atoms with Gasteiger partial charge in [0.25, 0.3) is 5.91 Å². The van der Waals surface area contributed by atoms with Crippen molar-refractivity contribution >= 4 is 23.2 Å². The Kier molecular flexibility index (Phi) is 5.30. The first kappa shape index (κ1) is 15.2. The van der Waals surface area contributed by atoms with Crippen LogP contribution in [0.4, 0.5) is 5.69 Å². The summed E-state index contributed by atoms with van der Waals surface area (Å²) in [6, 6.07) is 5.48. The molecular weight excluding hydrogens is 272 g/mol. The van der Waals surface area contributed by atoms with Crippen molar-refractivity contribution in [2.75, 3.05) is 25.0 Å². The van der Waals surface area contributed by atoms with Gasteiger partial charge < -0.3 is 10.2 Å². The van der Waals surface area contributed by atoms with E-state index in [1.54, 1.807) is 6.07 Å². The smallest absolute Gasteiger partial charge is 0.256 e. The van der Waals surface area contributed by atoms with E-state index in [1.165, 1.54) is 6.42 Å². The van der Waals surface area contributed by atoms with E-state index in [0.717, 1.165) is 38.2 Å². The van der Waals surface area contributed by atoms with Crippen LogP contribution in [0.15, 0.2) is 18.2 Å². The molecule has 0 radical (unpaired) electrons. The number of anilines is 1. The van der Waals surface area contributed by atoms with Crippen molar-refractivity contribution in [3.8, 4) is 0 Å². The Morgan fingerprint density at radius 1 is 1.40 bits per heavy atom. The number of benzene rings is 1. The Labute approximate surface area is 126 Å². The summed E-state index contributed by atoms with van der Waals surface area (Å²) >= 11 is 6.06. The van der Waals surface area contributed by atoms with Gasteiger partial charge in [0.2, 0.25) is 0 Å². The maximum Gasteiger partial charge on any atom is 0.256 e. The monoisotopic (exact) mass is 294 g/mol. The van der Waals surface area contributed by atoms with Crippen LogP contribution in [0.2, 0.25) is 5.02 Å². The molecule has 1 saturated heterocycles. The summed E-state index contributed by atoms with van der Waals surface area (Å²) in [6.45, 7) is 6.77. The maximum absolute atomic E-state index is 12.7.